The van der Waals surface area contributed by atoms with E-state index in [1.807, 2.05) is 0 Å². The lowest BCUT2D eigenvalue weighted by Crippen LogP contribution is -2.51. The van der Waals surface area contributed by atoms with E-state index >= 15 is 0 Å². The van der Waals surface area contributed by atoms with Crippen LogP contribution in [0.1, 0.15) is 29.1 Å². The van der Waals surface area contributed by atoms with Gasteiger partial charge < -0.3 is 19.2 Å². The molecule has 19 heavy (non-hydrogen) atoms. The number of aliphatic carboxylic acids is 1. The fraction of sp³-hybridized carbons (Fsp3) is 0.583. The van der Waals surface area contributed by atoms with Crippen molar-refractivity contribution in [2.75, 3.05) is 13.1 Å². The zero-order valence-corrected chi connectivity index (χ0v) is 11.0. The Hall–Kier alpha value is -1.89. The molecule has 104 valence electrons. The maximum Gasteiger partial charge on any atom is 0.334 e. The molecule has 1 aliphatic rings. The van der Waals surface area contributed by atoms with Crippen LogP contribution < -0.4 is 0 Å². The van der Waals surface area contributed by atoms with Crippen LogP contribution in [0.25, 0.3) is 0 Å². The second kappa shape index (κ2) is 5.00. The predicted molar refractivity (Wildman–Crippen MR) is 63.9 cm³/mol. The smallest absolute Gasteiger partial charge is 0.334 e. The van der Waals surface area contributed by atoms with Gasteiger partial charge in [-0.15, -0.1) is 0 Å². The topological polar surface area (TPSA) is 92.9 Å². The SMILES string of the molecule is Cc1nc(C)c(C(=O)N2CC(C(=O)O)O[C@H](C)C2)o1. The Kier molecular flexibility index (Phi) is 3.57. The summed E-state index contributed by atoms with van der Waals surface area (Å²) in [6.45, 7) is 5.42. The summed E-state index contributed by atoms with van der Waals surface area (Å²) in [6, 6.07) is 0. The number of carbonyl (C=O) groups is 2. The number of amides is 1. The third-order valence-corrected chi connectivity index (χ3v) is 2.92. The Morgan fingerprint density at radius 2 is 2.05 bits per heavy atom. The van der Waals surface area contributed by atoms with Gasteiger partial charge in [-0.25, -0.2) is 9.78 Å². The first-order valence-electron chi connectivity index (χ1n) is 6.00. The second-order valence-corrected chi connectivity index (χ2v) is 4.63. The van der Waals surface area contributed by atoms with E-state index in [2.05, 4.69) is 4.98 Å². The molecule has 0 spiro atoms. The molecule has 1 aliphatic heterocycles. The number of morpholine rings is 1. The molecule has 0 aromatic carbocycles. The van der Waals surface area contributed by atoms with Gasteiger partial charge in [-0.2, -0.15) is 0 Å². The lowest BCUT2D eigenvalue weighted by molar-refractivity contribution is -0.160. The number of hydrogen-bond acceptors (Lipinski definition) is 5. The number of carboxylic acid groups (broad SMARTS) is 1. The van der Waals surface area contributed by atoms with E-state index in [4.69, 9.17) is 14.3 Å². The number of ether oxygens (including phenoxy) is 1. The van der Waals surface area contributed by atoms with Gasteiger partial charge in [0.15, 0.2) is 12.0 Å². The van der Waals surface area contributed by atoms with E-state index < -0.39 is 12.1 Å². The van der Waals surface area contributed by atoms with Crippen molar-refractivity contribution in [1.29, 1.82) is 0 Å². The van der Waals surface area contributed by atoms with E-state index in [0.29, 0.717) is 18.1 Å². The van der Waals surface area contributed by atoms with Crippen molar-refractivity contribution in [3.63, 3.8) is 0 Å². The molecule has 1 aromatic heterocycles. The number of aromatic nitrogens is 1. The second-order valence-electron chi connectivity index (χ2n) is 4.63. The third-order valence-electron chi connectivity index (χ3n) is 2.92. The van der Waals surface area contributed by atoms with Crippen molar-refractivity contribution in [2.45, 2.75) is 33.0 Å². The maximum absolute atomic E-state index is 12.3. The molecule has 1 saturated heterocycles. The van der Waals surface area contributed by atoms with Crippen molar-refractivity contribution in [1.82, 2.24) is 9.88 Å². The zero-order valence-electron chi connectivity index (χ0n) is 11.0. The molecule has 0 bridgehead atoms. The Morgan fingerprint density at radius 3 is 2.58 bits per heavy atom. The van der Waals surface area contributed by atoms with Crippen LogP contribution in [0.15, 0.2) is 4.42 Å². The quantitative estimate of drug-likeness (QED) is 0.844. The van der Waals surface area contributed by atoms with Gasteiger partial charge in [-0.1, -0.05) is 0 Å². The monoisotopic (exact) mass is 268 g/mol. The Labute approximate surface area is 110 Å². The van der Waals surface area contributed by atoms with Crippen molar-refractivity contribution < 1.29 is 23.8 Å². The van der Waals surface area contributed by atoms with E-state index in [1.54, 1.807) is 20.8 Å². The Balaban J connectivity index is 2.18. The van der Waals surface area contributed by atoms with Gasteiger partial charge in [-0.05, 0) is 13.8 Å². The minimum atomic E-state index is -1.07. The first-order chi connectivity index (χ1) is 8.88. The van der Waals surface area contributed by atoms with Crippen LogP contribution in [0.4, 0.5) is 0 Å². The van der Waals surface area contributed by atoms with Crippen LogP contribution >= 0.6 is 0 Å². The minimum Gasteiger partial charge on any atom is -0.479 e. The molecule has 1 aromatic rings. The number of carboxylic acids is 1. The largest absolute Gasteiger partial charge is 0.479 e. The highest BCUT2D eigenvalue weighted by atomic mass is 16.5. The third kappa shape index (κ3) is 2.76. The van der Waals surface area contributed by atoms with Gasteiger partial charge >= 0.3 is 5.97 Å². The average Bonchev–Trinajstić information content (AvgIpc) is 2.66. The average molecular weight is 268 g/mol. The van der Waals surface area contributed by atoms with Gasteiger partial charge in [0.05, 0.1) is 18.3 Å². The molecule has 7 nitrogen and oxygen atoms in total. The van der Waals surface area contributed by atoms with Crippen LogP contribution in [0, 0.1) is 13.8 Å². The fourth-order valence-electron chi connectivity index (χ4n) is 2.13. The summed E-state index contributed by atoms with van der Waals surface area (Å²) in [7, 11) is 0. The molecular formula is C12H16N2O5. The maximum atomic E-state index is 12.3. The van der Waals surface area contributed by atoms with E-state index in [0.717, 1.165) is 0 Å². The Bertz CT molecular complexity index is 510. The summed E-state index contributed by atoms with van der Waals surface area (Å²) in [5.74, 6) is -0.845. The molecule has 0 radical (unpaired) electrons. The fourth-order valence-corrected chi connectivity index (χ4v) is 2.13. The van der Waals surface area contributed by atoms with Crippen LogP contribution in [0.2, 0.25) is 0 Å². The molecule has 2 heterocycles. The van der Waals surface area contributed by atoms with Crippen LogP contribution in [0.3, 0.4) is 0 Å². The van der Waals surface area contributed by atoms with Crippen molar-refractivity contribution in [2.24, 2.45) is 0 Å². The highest BCUT2D eigenvalue weighted by Gasteiger charge is 2.34. The number of nitrogens with zero attached hydrogens (tertiary/aromatic N) is 2. The van der Waals surface area contributed by atoms with Gasteiger partial charge in [-0.3, -0.25) is 4.79 Å². The molecule has 1 N–H and O–H groups in total. The van der Waals surface area contributed by atoms with Crippen molar-refractivity contribution in [3.8, 4) is 0 Å². The lowest BCUT2D eigenvalue weighted by atomic mass is 10.2. The van der Waals surface area contributed by atoms with Crippen LogP contribution in [-0.4, -0.2) is 52.2 Å². The summed E-state index contributed by atoms with van der Waals surface area (Å²) in [6.07, 6.45) is -1.33. The lowest BCUT2D eigenvalue weighted by Gasteiger charge is -2.34. The first kappa shape index (κ1) is 13.5. The van der Waals surface area contributed by atoms with E-state index in [9.17, 15) is 9.59 Å². The molecule has 2 rings (SSSR count). The zero-order chi connectivity index (χ0) is 14.2. The molecule has 2 atom stereocenters. The number of oxazole rings is 1. The van der Waals surface area contributed by atoms with E-state index in [1.165, 1.54) is 4.90 Å². The normalized spacial score (nSPS) is 23.4. The van der Waals surface area contributed by atoms with Crippen molar-refractivity contribution in [3.05, 3.63) is 17.3 Å². The van der Waals surface area contributed by atoms with Gasteiger partial charge in [0.25, 0.3) is 5.91 Å². The van der Waals surface area contributed by atoms with E-state index in [-0.39, 0.29) is 24.3 Å². The van der Waals surface area contributed by atoms with Crippen molar-refractivity contribution >= 4 is 11.9 Å². The molecule has 0 saturated carbocycles. The minimum absolute atomic E-state index is 0.0116. The van der Waals surface area contributed by atoms with Gasteiger partial charge in [0, 0.05) is 13.5 Å². The first-order valence-corrected chi connectivity index (χ1v) is 6.00. The molecule has 1 amide bonds. The van der Waals surface area contributed by atoms with Crippen LogP contribution in [0.5, 0.6) is 0 Å². The number of carbonyl (C=O) groups excluding carboxylic acids is 1. The number of hydrogen-bond donors (Lipinski definition) is 1. The Morgan fingerprint density at radius 1 is 1.37 bits per heavy atom. The molecule has 1 fully saturated rings. The molecular weight excluding hydrogens is 252 g/mol. The predicted octanol–water partition coefficient (Wildman–Crippen LogP) is 0.606. The number of aryl methyl sites for hydroxylation is 2. The van der Waals surface area contributed by atoms with Gasteiger partial charge in [0.1, 0.15) is 0 Å². The molecule has 7 heteroatoms. The van der Waals surface area contributed by atoms with Gasteiger partial charge in [0.2, 0.25) is 5.76 Å². The molecule has 0 aliphatic carbocycles. The molecule has 1 unspecified atom stereocenters. The summed E-state index contributed by atoms with van der Waals surface area (Å²) < 4.78 is 10.5. The highest BCUT2D eigenvalue weighted by Crippen LogP contribution is 2.17. The summed E-state index contributed by atoms with van der Waals surface area (Å²) in [4.78, 5) is 28.7. The van der Waals surface area contributed by atoms with Crippen LogP contribution in [-0.2, 0) is 9.53 Å². The number of rotatable bonds is 2. The summed E-state index contributed by atoms with van der Waals surface area (Å²) >= 11 is 0. The highest BCUT2D eigenvalue weighted by molar-refractivity contribution is 5.93. The summed E-state index contributed by atoms with van der Waals surface area (Å²) in [5, 5.41) is 8.99. The summed E-state index contributed by atoms with van der Waals surface area (Å²) in [5.41, 5.74) is 0.508. The standard InChI is InChI=1S/C12H16N2O5/c1-6-4-14(5-9(18-6)12(16)17)11(15)10-7(2)13-8(3)19-10/h6,9H,4-5H2,1-3H3,(H,16,17)/t6-,9?/m1/s1.